The van der Waals surface area contributed by atoms with Gasteiger partial charge in [0, 0.05) is 17.7 Å². The van der Waals surface area contributed by atoms with Crippen LogP contribution in [0.3, 0.4) is 0 Å². The summed E-state index contributed by atoms with van der Waals surface area (Å²) in [4.78, 5) is 8.98. The molecule has 0 saturated heterocycles. The van der Waals surface area contributed by atoms with Crippen molar-refractivity contribution in [1.82, 2.24) is 0 Å². The monoisotopic (exact) mass is 507 g/mol. The summed E-state index contributed by atoms with van der Waals surface area (Å²) in [6, 6.07) is 15.1. The largest absolute Gasteiger partial charge is 0.325 e. The van der Waals surface area contributed by atoms with Crippen LogP contribution in [0.4, 0.5) is 5.69 Å². The van der Waals surface area contributed by atoms with Gasteiger partial charge in [-0.25, -0.2) is 0 Å². The van der Waals surface area contributed by atoms with E-state index < -0.39 is 19.9 Å². The second-order valence-electron chi connectivity index (χ2n) is 9.71. The minimum absolute atomic E-state index is 0.380. The average Bonchev–Trinajstić information content (AvgIpc) is 2.80. The first kappa shape index (κ1) is 30.7. The predicted molar refractivity (Wildman–Crippen MR) is 142 cm³/mol. The summed E-state index contributed by atoms with van der Waals surface area (Å²) in [5, 5.41) is 10.2. The van der Waals surface area contributed by atoms with Crippen LogP contribution in [-0.4, -0.2) is 43.0 Å². The van der Waals surface area contributed by atoms with Gasteiger partial charge in [0.05, 0.1) is 25.6 Å². The molecular weight excluding hydrogens is 464 g/mol. The first-order valence-corrected chi connectivity index (χ1v) is 14.1. The van der Waals surface area contributed by atoms with Gasteiger partial charge in [0.1, 0.15) is 11.4 Å². The quantitative estimate of drug-likeness (QED) is 0.0918. The first-order chi connectivity index (χ1) is 16.5. The normalized spacial score (nSPS) is 11.5. The third kappa shape index (κ3) is 14.7. The van der Waals surface area contributed by atoms with Gasteiger partial charge in [0.25, 0.3) is 15.8 Å². The molecule has 0 aromatic heterocycles. The van der Waals surface area contributed by atoms with Crippen LogP contribution in [0.15, 0.2) is 59.5 Å². The highest BCUT2D eigenvalue weighted by atomic mass is 32.2. The third-order valence-corrected chi connectivity index (χ3v) is 6.75. The van der Waals surface area contributed by atoms with Crippen molar-refractivity contribution in [1.29, 1.82) is 0 Å². The number of nitro benzene ring substituents is 1. The number of quaternary nitrogens is 1. The van der Waals surface area contributed by atoms with Crippen molar-refractivity contribution in [3.8, 4) is 0 Å². The highest BCUT2D eigenvalue weighted by molar-refractivity contribution is 7.85. The molecule has 0 aliphatic carbocycles. The van der Waals surface area contributed by atoms with Gasteiger partial charge in [-0.3, -0.25) is 14.7 Å². The van der Waals surface area contributed by atoms with E-state index in [9.17, 15) is 18.5 Å². The summed E-state index contributed by atoms with van der Waals surface area (Å²) in [5.41, 5.74) is 1.08. The van der Waals surface area contributed by atoms with Crippen molar-refractivity contribution in [3.63, 3.8) is 0 Å². The average molecular weight is 508 g/mol. The zero-order chi connectivity index (χ0) is 26.2. The Bertz CT molecular complexity index is 963. The Labute approximate surface area is 211 Å². The topological polar surface area (TPSA) is 97.5 Å². The van der Waals surface area contributed by atoms with E-state index in [0.29, 0.717) is 0 Å². The van der Waals surface area contributed by atoms with Gasteiger partial charge in [-0.15, -0.1) is 0 Å². The van der Waals surface area contributed by atoms with Gasteiger partial charge in [0.15, 0.2) is 0 Å². The van der Waals surface area contributed by atoms with Crippen LogP contribution < -0.4 is 0 Å². The molecule has 0 saturated carbocycles. The summed E-state index contributed by atoms with van der Waals surface area (Å²) in [5.74, 6) is 0. The molecule has 0 spiro atoms. The number of hydrogen-bond acceptors (Lipinski definition) is 4. The standard InChI is InChI=1S/C21H38N.C6H5NO5S/c1-4-5-6-7-8-9-10-11-12-16-19-22(2,3)20-21-17-14-13-15-18-21;8-7(9)5-2-1-3-6(4-5)13(10,11)12/h13-15,17-18H,4-12,16,19-20H2,1-3H3;1-4H,(H,10,11,12)/q+1;. The lowest BCUT2D eigenvalue weighted by Gasteiger charge is -2.30. The Hall–Kier alpha value is -2.29. The molecule has 0 fully saturated rings. The van der Waals surface area contributed by atoms with Crippen LogP contribution in [0.2, 0.25) is 0 Å². The molecule has 0 unspecified atom stereocenters. The molecule has 0 bridgehead atoms. The van der Waals surface area contributed by atoms with Gasteiger partial charge in [0.2, 0.25) is 0 Å². The second kappa shape index (κ2) is 16.4. The van der Waals surface area contributed by atoms with Crippen LogP contribution in [0.1, 0.15) is 76.7 Å². The van der Waals surface area contributed by atoms with Gasteiger partial charge in [-0.2, -0.15) is 8.42 Å². The lowest BCUT2D eigenvalue weighted by Crippen LogP contribution is -2.39. The molecule has 7 nitrogen and oxygen atoms in total. The second-order valence-corrected chi connectivity index (χ2v) is 11.1. The molecule has 0 heterocycles. The Morgan fingerprint density at radius 2 is 1.37 bits per heavy atom. The van der Waals surface area contributed by atoms with Crippen molar-refractivity contribution < 1.29 is 22.4 Å². The van der Waals surface area contributed by atoms with Gasteiger partial charge >= 0.3 is 0 Å². The smallest absolute Gasteiger partial charge is 0.294 e. The van der Waals surface area contributed by atoms with Crippen molar-refractivity contribution in [2.75, 3.05) is 20.6 Å². The molecule has 1 N–H and O–H groups in total. The maximum Gasteiger partial charge on any atom is 0.294 e. The summed E-state index contributed by atoms with van der Waals surface area (Å²) < 4.78 is 30.7. The van der Waals surface area contributed by atoms with Gasteiger partial charge < -0.3 is 4.48 Å². The van der Waals surface area contributed by atoms with E-state index in [4.69, 9.17) is 4.55 Å². The van der Waals surface area contributed by atoms with Crippen molar-refractivity contribution in [2.24, 2.45) is 0 Å². The maximum absolute atomic E-state index is 10.5. The summed E-state index contributed by atoms with van der Waals surface area (Å²) in [6.07, 6.45) is 14.2. The van der Waals surface area contributed by atoms with E-state index in [1.165, 1.54) is 82.4 Å². The maximum atomic E-state index is 10.5. The molecule has 2 rings (SSSR count). The molecule has 0 aliphatic heterocycles. The van der Waals surface area contributed by atoms with Crippen molar-refractivity contribution in [3.05, 3.63) is 70.3 Å². The molecule has 196 valence electrons. The highest BCUT2D eigenvalue weighted by Gasteiger charge is 2.15. The van der Waals surface area contributed by atoms with Gasteiger partial charge in [-0.1, -0.05) is 94.7 Å². The van der Waals surface area contributed by atoms with Crippen LogP contribution in [0, 0.1) is 10.1 Å². The van der Waals surface area contributed by atoms with E-state index in [1.54, 1.807) is 0 Å². The minimum Gasteiger partial charge on any atom is -0.325 e. The third-order valence-electron chi connectivity index (χ3n) is 5.90. The van der Waals surface area contributed by atoms with Crippen molar-refractivity contribution in [2.45, 2.75) is 82.6 Å². The number of nitrogens with zero attached hydrogens (tertiary/aromatic N) is 2. The Balaban J connectivity index is 0.000000400. The van der Waals surface area contributed by atoms with Crippen LogP contribution in [-0.2, 0) is 16.7 Å². The Kier molecular flexibility index (Phi) is 14.4. The Morgan fingerprint density at radius 3 is 1.89 bits per heavy atom. The molecular formula is C27H43N2O5S+. The van der Waals surface area contributed by atoms with E-state index >= 15 is 0 Å². The van der Waals surface area contributed by atoms with Crippen molar-refractivity contribution >= 4 is 15.8 Å². The lowest BCUT2D eigenvalue weighted by atomic mass is 10.1. The van der Waals surface area contributed by atoms with Crippen LogP contribution in [0.5, 0.6) is 0 Å². The number of non-ortho nitro benzene ring substituents is 1. The minimum atomic E-state index is -4.36. The molecule has 0 aliphatic rings. The number of nitro groups is 1. The SMILES string of the molecule is CCCCCCCCCCCC[N+](C)(C)Cc1ccccc1.O=[N+]([O-])c1cccc(S(=O)(=O)O)c1. The highest BCUT2D eigenvalue weighted by Crippen LogP contribution is 2.17. The van der Waals surface area contributed by atoms with E-state index in [0.717, 1.165) is 29.2 Å². The van der Waals surface area contributed by atoms with E-state index in [2.05, 4.69) is 51.4 Å². The van der Waals surface area contributed by atoms with Crippen LogP contribution in [0.25, 0.3) is 0 Å². The fourth-order valence-corrected chi connectivity index (χ4v) is 4.46. The summed E-state index contributed by atoms with van der Waals surface area (Å²) in [7, 11) is 0.360. The fourth-order valence-electron chi connectivity index (χ4n) is 3.94. The first-order valence-electron chi connectivity index (χ1n) is 12.6. The predicted octanol–water partition coefficient (Wildman–Crippen LogP) is 7.03. The molecule has 2 aromatic rings. The molecule has 0 atom stereocenters. The fraction of sp³-hybridized carbons (Fsp3) is 0.556. The summed E-state index contributed by atoms with van der Waals surface area (Å²) >= 11 is 0. The molecule has 2 aromatic carbocycles. The number of benzene rings is 2. The number of hydrogen-bond donors (Lipinski definition) is 1. The van der Waals surface area contributed by atoms with Gasteiger partial charge in [-0.05, 0) is 18.9 Å². The zero-order valence-electron chi connectivity index (χ0n) is 21.6. The molecule has 8 heteroatoms. The zero-order valence-corrected chi connectivity index (χ0v) is 22.4. The Morgan fingerprint density at radius 1 is 0.829 bits per heavy atom. The van der Waals surface area contributed by atoms with Crippen LogP contribution >= 0.6 is 0 Å². The van der Waals surface area contributed by atoms with E-state index in [-0.39, 0.29) is 5.69 Å². The van der Waals surface area contributed by atoms with E-state index in [1.807, 2.05) is 0 Å². The molecule has 0 radical (unpaired) electrons. The lowest BCUT2D eigenvalue weighted by molar-refractivity contribution is -0.903. The molecule has 0 amide bonds. The number of rotatable bonds is 15. The number of unbranched alkanes of at least 4 members (excludes halogenated alkanes) is 9. The summed E-state index contributed by atoms with van der Waals surface area (Å²) in [6.45, 7) is 4.74. The molecule has 35 heavy (non-hydrogen) atoms.